The highest BCUT2D eigenvalue weighted by Gasteiger charge is 2.13. The molecule has 3 heteroatoms. The minimum absolute atomic E-state index is 0.311. The molecule has 0 saturated carbocycles. The molecule has 0 aliphatic heterocycles. The molecule has 1 aromatic carbocycles. The second-order valence-electron chi connectivity index (χ2n) is 5.02. The number of nitrogens with zero attached hydrogens (tertiary/aromatic N) is 2. The summed E-state index contributed by atoms with van der Waals surface area (Å²) >= 11 is 0. The highest BCUT2D eigenvalue weighted by Crippen LogP contribution is 2.21. The van der Waals surface area contributed by atoms with Crippen molar-refractivity contribution in [3.8, 4) is 0 Å². The molecule has 3 nitrogen and oxygen atoms in total. The van der Waals surface area contributed by atoms with E-state index in [9.17, 15) is 0 Å². The van der Waals surface area contributed by atoms with Gasteiger partial charge in [0.05, 0.1) is 0 Å². The molecule has 2 N–H and O–H groups in total. The third-order valence-electron chi connectivity index (χ3n) is 3.42. The fourth-order valence-electron chi connectivity index (χ4n) is 2.48. The second-order valence-corrected chi connectivity index (χ2v) is 5.02. The third kappa shape index (κ3) is 3.18. The topological polar surface area (TPSA) is 51.8 Å². The predicted molar refractivity (Wildman–Crippen MR) is 78.2 cm³/mol. The highest BCUT2D eigenvalue weighted by molar-refractivity contribution is 5.29. The van der Waals surface area contributed by atoms with E-state index < -0.39 is 0 Å². The lowest BCUT2D eigenvalue weighted by Gasteiger charge is -2.15. The van der Waals surface area contributed by atoms with Crippen LogP contribution in [0, 0.1) is 13.8 Å². The van der Waals surface area contributed by atoms with E-state index in [-0.39, 0.29) is 0 Å². The Balaban J connectivity index is 2.30. The zero-order chi connectivity index (χ0) is 13.8. The summed E-state index contributed by atoms with van der Waals surface area (Å²) in [7, 11) is 0. The van der Waals surface area contributed by atoms with E-state index in [0.717, 1.165) is 23.6 Å². The van der Waals surface area contributed by atoms with Crippen LogP contribution in [0.2, 0.25) is 0 Å². The number of rotatable bonds is 4. The average Bonchev–Trinajstić information content (AvgIpc) is 2.38. The number of hydrogen-bond acceptors (Lipinski definition) is 3. The van der Waals surface area contributed by atoms with E-state index in [1.807, 2.05) is 32.0 Å². The van der Waals surface area contributed by atoms with E-state index in [1.54, 1.807) is 0 Å². The molecule has 1 unspecified atom stereocenters. The van der Waals surface area contributed by atoms with E-state index in [0.29, 0.717) is 12.5 Å². The van der Waals surface area contributed by atoms with Crippen molar-refractivity contribution in [2.45, 2.75) is 33.1 Å². The van der Waals surface area contributed by atoms with E-state index in [1.165, 1.54) is 11.1 Å². The van der Waals surface area contributed by atoms with Gasteiger partial charge in [-0.1, -0.05) is 37.3 Å². The quantitative estimate of drug-likeness (QED) is 0.914. The van der Waals surface area contributed by atoms with Crippen LogP contribution >= 0.6 is 0 Å². The maximum absolute atomic E-state index is 5.75. The Hall–Kier alpha value is -1.74. The number of aromatic nitrogens is 2. The molecule has 19 heavy (non-hydrogen) atoms. The first-order valence-corrected chi connectivity index (χ1v) is 6.69. The van der Waals surface area contributed by atoms with Crippen LogP contribution in [0.15, 0.2) is 30.3 Å². The van der Waals surface area contributed by atoms with Crippen LogP contribution in [0.3, 0.4) is 0 Å². The molecule has 0 fully saturated rings. The summed E-state index contributed by atoms with van der Waals surface area (Å²) in [5.74, 6) is 1.19. The lowest BCUT2D eigenvalue weighted by Crippen LogP contribution is -2.15. The first-order chi connectivity index (χ1) is 9.11. The Kier molecular flexibility index (Phi) is 4.27. The fraction of sp³-hybridized carbons (Fsp3) is 0.375. The molecule has 2 rings (SSSR count). The van der Waals surface area contributed by atoms with Crippen molar-refractivity contribution in [2.75, 3.05) is 6.54 Å². The van der Waals surface area contributed by atoms with Crippen LogP contribution in [0.4, 0.5) is 0 Å². The maximum Gasteiger partial charge on any atom is 0.133 e. The van der Waals surface area contributed by atoms with Crippen molar-refractivity contribution in [3.63, 3.8) is 0 Å². The molecular weight excluding hydrogens is 234 g/mol. The maximum atomic E-state index is 5.75. The molecule has 1 atom stereocenters. The molecule has 0 aliphatic rings. The molecule has 0 spiro atoms. The van der Waals surface area contributed by atoms with Gasteiger partial charge in [-0.15, -0.1) is 0 Å². The summed E-state index contributed by atoms with van der Waals surface area (Å²) in [4.78, 5) is 9.26. The molecular formula is C16H21N3. The van der Waals surface area contributed by atoms with Crippen molar-refractivity contribution in [3.05, 3.63) is 58.7 Å². The summed E-state index contributed by atoms with van der Waals surface area (Å²) in [6, 6.07) is 10.3. The largest absolute Gasteiger partial charge is 0.330 e. The molecule has 1 aromatic heterocycles. The first-order valence-electron chi connectivity index (χ1n) is 6.69. The van der Waals surface area contributed by atoms with Crippen LogP contribution in [-0.2, 0) is 6.42 Å². The Morgan fingerprint density at radius 2 is 1.63 bits per heavy atom. The van der Waals surface area contributed by atoms with E-state index >= 15 is 0 Å². The summed E-state index contributed by atoms with van der Waals surface area (Å²) in [6.07, 6.45) is 0.778. The molecule has 0 radical (unpaired) electrons. The normalized spacial score (nSPS) is 12.4. The van der Waals surface area contributed by atoms with Crippen LogP contribution in [0.1, 0.15) is 41.2 Å². The van der Waals surface area contributed by atoms with E-state index in [2.05, 4.69) is 29.0 Å². The van der Waals surface area contributed by atoms with Crippen molar-refractivity contribution < 1.29 is 0 Å². The van der Waals surface area contributed by atoms with Gasteiger partial charge in [-0.05, 0) is 37.4 Å². The Labute approximate surface area is 114 Å². The smallest absolute Gasteiger partial charge is 0.133 e. The second kappa shape index (κ2) is 5.93. The van der Waals surface area contributed by atoms with Crippen LogP contribution in [0.25, 0.3) is 0 Å². The third-order valence-corrected chi connectivity index (χ3v) is 3.42. The van der Waals surface area contributed by atoms with Crippen LogP contribution < -0.4 is 5.73 Å². The van der Waals surface area contributed by atoms with Crippen molar-refractivity contribution in [1.29, 1.82) is 0 Å². The highest BCUT2D eigenvalue weighted by atomic mass is 14.9. The lowest BCUT2D eigenvalue weighted by molar-refractivity contribution is 0.733. The van der Waals surface area contributed by atoms with Gasteiger partial charge in [0.25, 0.3) is 0 Å². The van der Waals surface area contributed by atoms with Gasteiger partial charge in [-0.2, -0.15) is 0 Å². The summed E-state index contributed by atoms with van der Waals surface area (Å²) in [5.41, 5.74) is 10.3. The van der Waals surface area contributed by atoms with Crippen LogP contribution in [-0.4, -0.2) is 16.5 Å². The lowest BCUT2D eigenvalue weighted by atomic mass is 9.98. The predicted octanol–water partition coefficient (Wildman–Crippen LogP) is 2.75. The van der Waals surface area contributed by atoms with Gasteiger partial charge in [0, 0.05) is 17.8 Å². The van der Waals surface area contributed by atoms with Crippen molar-refractivity contribution >= 4 is 0 Å². The Bertz CT molecular complexity index is 526. The van der Waals surface area contributed by atoms with Gasteiger partial charge in [0.15, 0.2) is 0 Å². The number of hydrogen-bond donors (Lipinski definition) is 1. The molecule has 0 amide bonds. The van der Waals surface area contributed by atoms with Gasteiger partial charge in [0.2, 0.25) is 0 Å². The van der Waals surface area contributed by atoms with Crippen molar-refractivity contribution in [2.24, 2.45) is 5.73 Å². The fourth-order valence-corrected chi connectivity index (χ4v) is 2.48. The minimum atomic E-state index is 0.311. The SMILES string of the molecule is Cc1nc(Cc2ccccc2)nc(C)c1C(C)CN. The van der Waals surface area contributed by atoms with E-state index in [4.69, 9.17) is 5.73 Å². The van der Waals surface area contributed by atoms with Gasteiger partial charge in [0.1, 0.15) is 5.82 Å². The molecule has 1 heterocycles. The Morgan fingerprint density at radius 3 is 2.16 bits per heavy atom. The zero-order valence-electron chi connectivity index (χ0n) is 11.9. The zero-order valence-corrected chi connectivity index (χ0v) is 11.9. The number of benzene rings is 1. The summed E-state index contributed by atoms with van der Waals surface area (Å²) in [5, 5.41) is 0. The molecule has 0 bridgehead atoms. The first kappa shape index (κ1) is 13.7. The minimum Gasteiger partial charge on any atom is -0.330 e. The van der Waals surface area contributed by atoms with Crippen LogP contribution in [0.5, 0.6) is 0 Å². The summed E-state index contributed by atoms with van der Waals surface area (Å²) in [6.45, 7) is 6.84. The number of nitrogens with two attached hydrogens (primary N) is 1. The van der Waals surface area contributed by atoms with Crippen molar-refractivity contribution in [1.82, 2.24) is 9.97 Å². The molecule has 100 valence electrons. The van der Waals surface area contributed by atoms with Gasteiger partial charge >= 0.3 is 0 Å². The molecule has 0 saturated heterocycles. The average molecular weight is 255 g/mol. The monoisotopic (exact) mass is 255 g/mol. The van der Waals surface area contributed by atoms with Gasteiger partial charge in [-0.25, -0.2) is 9.97 Å². The summed E-state index contributed by atoms with van der Waals surface area (Å²) < 4.78 is 0. The molecule has 2 aromatic rings. The van der Waals surface area contributed by atoms with Gasteiger partial charge < -0.3 is 5.73 Å². The number of aryl methyl sites for hydroxylation is 2. The van der Waals surface area contributed by atoms with Gasteiger partial charge in [-0.3, -0.25) is 0 Å². The Morgan fingerprint density at radius 1 is 1.05 bits per heavy atom. The molecule has 0 aliphatic carbocycles. The standard InChI is InChI=1S/C16H21N3/c1-11(10-17)16-12(2)18-15(19-13(16)3)9-14-7-5-4-6-8-14/h4-8,11H,9-10,17H2,1-3H3.